The predicted octanol–water partition coefficient (Wildman–Crippen LogP) is 5.96. The number of aromatic nitrogens is 1. The fraction of sp³-hybridized carbons (Fsp3) is 0.323. The highest BCUT2D eigenvalue weighted by atomic mass is 19.1. The van der Waals surface area contributed by atoms with Crippen LogP contribution in [0.5, 0.6) is 0 Å². The van der Waals surface area contributed by atoms with Crippen molar-refractivity contribution in [1.29, 1.82) is 0 Å². The number of benzene rings is 3. The third-order valence-electron chi connectivity index (χ3n) is 7.45. The van der Waals surface area contributed by atoms with Gasteiger partial charge < -0.3 is 9.88 Å². The van der Waals surface area contributed by atoms with E-state index in [0.717, 1.165) is 38.0 Å². The number of halogens is 1. The second kappa shape index (κ2) is 11.1. The van der Waals surface area contributed by atoms with Gasteiger partial charge in [-0.3, -0.25) is 9.69 Å². The summed E-state index contributed by atoms with van der Waals surface area (Å²) in [7, 11) is 0. The van der Waals surface area contributed by atoms with Crippen LogP contribution >= 0.6 is 0 Å². The van der Waals surface area contributed by atoms with Crippen molar-refractivity contribution in [3.8, 4) is 0 Å². The molecule has 3 aromatic carbocycles. The van der Waals surface area contributed by atoms with Gasteiger partial charge in [-0.15, -0.1) is 0 Å². The molecule has 1 saturated heterocycles. The van der Waals surface area contributed by atoms with Crippen molar-refractivity contribution in [2.24, 2.45) is 5.92 Å². The third-order valence-corrected chi connectivity index (χ3v) is 7.45. The summed E-state index contributed by atoms with van der Waals surface area (Å²) in [6.45, 7) is 6.20. The van der Waals surface area contributed by atoms with Crippen molar-refractivity contribution in [3.63, 3.8) is 0 Å². The number of carbonyl (C=O) groups is 1. The van der Waals surface area contributed by atoms with E-state index < -0.39 is 0 Å². The number of hydrogen-bond acceptors (Lipinski definition) is 2. The van der Waals surface area contributed by atoms with E-state index in [1.54, 1.807) is 0 Å². The molecule has 36 heavy (non-hydrogen) atoms. The summed E-state index contributed by atoms with van der Waals surface area (Å²) in [6.07, 6.45) is 1.76. The lowest BCUT2D eigenvalue weighted by molar-refractivity contribution is -0.126. The first kappa shape index (κ1) is 24.3. The van der Waals surface area contributed by atoms with Crippen LogP contribution in [0.1, 0.15) is 42.5 Å². The number of hydrogen-bond donors (Lipinski definition) is 1. The molecule has 1 aliphatic heterocycles. The largest absolute Gasteiger partial charge is 0.355 e. The Balaban J connectivity index is 1.19. The van der Waals surface area contributed by atoms with Crippen molar-refractivity contribution < 1.29 is 9.18 Å². The first-order chi connectivity index (χ1) is 17.6. The quantitative estimate of drug-likeness (QED) is 0.336. The molecule has 186 valence electrons. The molecule has 0 radical (unpaired) electrons. The highest BCUT2D eigenvalue weighted by molar-refractivity contribution is 5.81. The Morgan fingerprint density at radius 3 is 2.39 bits per heavy atom. The number of likely N-dealkylation sites (tertiary alicyclic amines) is 1. The molecule has 1 aromatic heterocycles. The van der Waals surface area contributed by atoms with Crippen molar-refractivity contribution in [3.05, 3.63) is 108 Å². The topological polar surface area (TPSA) is 37.3 Å². The molecule has 1 fully saturated rings. The van der Waals surface area contributed by atoms with Gasteiger partial charge in [0.2, 0.25) is 5.91 Å². The molecule has 1 atom stereocenters. The number of piperidine rings is 1. The minimum atomic E-state index is -0.210. The van der Waals surface area contributed by atoms with Crippen molar-refractivity contribution >= 4 is 16.8 Å². The molecule has 1 amide bonds. The highest BCUT2D eigenvalue weighted by Crippen LogP contribution is 2.25. The third kappa shape index (κ3) is 5.68. The lowest BCUT2D eigenvalue weighted by atomic mass is 9.95. The van der Waals surface area contributed by atoms with Crippen LogP contribution in [0.3, 0.4) is 0 Å². The molecule has 4 nitrogen and oxygen atoms in total. The number of nitrogens with zero attached hydrogens (tertiary/aromatic N) is 2. The molecule has 0 unspecified atom stereocenters. The maximum atomic E-state index is 13.4. The van der Waals surface area contributed by atoms with Gasteiger partial charge >= 0.3 is 0 Å². The molecule has 0 saturated carbocycles. The fourth-order valence-corrected chi connectivity index (χ4v) is 5.24. The Morgan fingerprint density at radius 1 is 0.944 bits per heavy atom. The number of rotatable bonds is 8. The van der Waals surface area contributed by atoms with Crippen LogP contribution in [-0.4, -0.2) is 35.0 Å². The summed E-state index contributed by atoms with van der Waals surface area (Å²) >= 11 is 0. The van der Waals surface area contributed by atoms with E-state index >= 15 is 0 Å². The first-order valence-corrected chi connectivity index (χ1v) is 12.9. The number of fused-ring (bicyclic) bond motifs is 1. The first-order valence-electron chi connectivity index (χ1n) is 12.9. The van der Waals surface area contributed by atoms with Gasteiger partial charge in [0.1, 0.15) is 5.82 Å². The fourth-order valence-electron chi connectivity index (χ4n) is 5.24. The van der Waals surface area contributed by atoms with Crippen LogP contribution in [0.15, 0.2) is 84.9 Å². The van der Waals surface area contributed by atoms with Crippen LogP contribution < -0.4 is 5.32 Å². The maximum Gasteiger partial charge on any atom is 0.223 e. The Labute approximate surface area is 212 Å². The molecule has 1 N–H and O–H groups in total. The lowest BCUT2D eigenvalue weighted by Crippen LogP contribution is -2.41. The molecule has 5 rings (SSSR count). The van der Waals surface area contributed by atoms with E-state index in [2.05, 4.69) is 64.2 Å². The average molecular weight is 484 g/mol. The van der Waals surface area contributed by atoms with Gasteiger partial charge in [-0.05, 0) is 72.6 Å². The van der Waals surface area contributed by atoms with Crippen LogP contribution in [-0.2, 0) is 17.9 Å². The zero-order valence-electron chi connectivity index (χ0n) is 20.9. The van der Waals surface area contributed by atoms with Crippen molar-refractivity contribution in [2.45, 2.75) is 38.8 Å². The van der Waals surface area contributed by atoms with Gasteiger partial charge in [0.15, 0.2) is 0 Å². The second-order valence-corrected chi connectivity index (χ2v) is 10.0. The predicted molar refractivity (Wildman–Crippen MR) is 143 cm³/mol. The summed E-state index contributed by atoms with van der Waals surface area (Å²) in [5.74, 6) is 0.355. The Morgan fingerprint density at radius 2 is 1.64 bits per heavy atom. The number of amides is 1. The summed E-state index contributed by atoms with van der Waals surface area (Å²) in [5, 5.41) is 4.40. The molecule has 0 bridgehead atoms. The molecule has 4 aromatic rings. The zero-order chi connectivity index (χ0) is 24.9. The van der Waals surface area contributed by atoms with Crippen LogP contribution in [0.4, 0.5) is 4.39 Å². The molecule has 5 heteroatoms. The van der Waals surface area contributed by atoms with Crippen molar-refractivity contribution in [2.75, 3.05) is 19.6 Å². The lowest BCUT2D eigenvalue weighted by Gasteiger charge is -2.31. The van der Waals surface area contributed by atoms with Gasteiger partial charge in [-0.25, -0.2) is 4.39 Å². The van der Waals surface area contributed by atoms with Gasteiger partial charge in [-0.1, -0.05) is 67.6 Å². The molecular formula is C31H34FN3O. The van der Waals surface area contributed by atoms with E-state index in [0.29, 0.717) is 19.0 Å². The second-order valence-electron chi connectivity index (χ2n) is 10.0. The summed E-state index contributed by atoms with van der Waals surface area (Å²) in [6, 6.07) is 27.8. The van der Waals surface area contributed by atoms with Crippen LogP contribution in [0.2, 0.25) is 0 Å². The van der Waals surface area contributed by atoms with E-state index in [-0.39, 0.29) is 17.6 Å². The number of carbonyl (C=O) groups excluding carboxylic acids is 1. The minimum Gasteiger partial charge on any atom is -0.355 e. The molecule has 0 spiro atoms. The van der Waals surface area contributed by atoms with Gasteiger partial charge in [-0.2, -0.15) is 0 Å². The van der Waals surface area contributed by atoms with E-state index in [1.807, 2.05) is 30.3 Å². The van der Waals surface area contributed by atoms with Crippen LogP contribution in [0.25, 0.3) is 10.9 Å². The van der Waals surface area contributed by atoms with Gasteiger partial charge in [0.05, 0.1) is 0 Å². The van der Waals surface area contributed by atoms with Crippen molar-refractivity contribution in [1.82, 2.24) is 14.8 Å². The number of nitrogens with one attached hydrogen (secondary N) is 1. The molecule has 1 aliphatic rings. The maximum absolute atomic E-state index is 13.4. The molecule has 2 heterocycles. The normalized spacial score (nSPS) is 15.7. The monoisotopic (exact) mass is 483 g/mol. The summed E-state index contributed by atoms with van der Waals surface area (Å²) in [4.78, 5) is 15.3. The van der Waals surface area contributed by atoms with Gasteiger partial charge in [0.25, 0.3) is 0 Å². The SMILES string of the molecule is C[C@@H](CNC(=O)C1CCN(Cc2cc3ccccc3n2Cc2ccc(F)cc2)CC1)c1ccccc1. The Kier molecular flexibility index (Phi) is 7.47. The Hall–Kier alpha value is -3.44. The smallest absolute Gasteiger partial charge is 0.223 e. The number of para-hydroxylation sites is 1. The van der Waals surface area contributed by atoms with E-state index in [4.69, 9.17) is 0 Å². The summed E-state index contributed by atoms with van der Waals surface area (Å²) < 4.78 is 15.8. The standard InChI is InChI=1S/C31H34FN3O/c1-23(25-7-3-2-4-8-25)20-33-31(36)26-15-17-34(18-16-26)22-29-19-27-9-5-6-10-30(27)35(29)21-24-11-13-28(32)14-12-24/h2-14,19,23,26H,15-18,20-22H2,1H3,(H,33,36)/t23-/m0/s1. The molecular weight excluding hydrogens is 449 g/mol. The molecule has 0 aliphatic carbocycles. The Bertz CT molecular complexity index is 1290. The minimum absolute atomic E-state index is 0.0781. The zero-order valence-corrected chi connectivity index (χ0v) is 20.9. The summed E-state index contributed by atoms with van der Waals surface area (Å²) in [5.41, 5.74) is 4.78. The highest BCUT2D eigenvalue weighted by Gasteiger charge is 2.26. The van der Waals surface area contributed by atoms with E-state index in [9.17, 15) is 9.18 Å². The average Bonchev–Trinajstić information content (AvgIpc) is 3.26. The van der Waals surface area contributed by atoms with Crippen LogP contribution in [0, 0.1) is 11.7 Å². The van der Waals surface area contributed by atoms with E-state index in [1.165, 1.54) is 34.3 Å². The van der Waals surface area contributed by atoms with Gasteiger partial charge in [0, 0.05) is 36.8 Å².